The molecule has 0 bridgehead atoms. The number of ether oxygens (including phenoxy) is 1. The number of hydrogen-bond acceptors (Lipinski definition) is 5. The van der Waals surface area contributed by atoms with Gasteiger partial charge in [-0.1, -0.05) is 29.8 Å². The van der Waals surface area contributed by atoms with E-state index in [1.54, 1.807) is 6.08 Å². The molecule has 1 aliphatic rings. The maximum absolute atomic E-state index is 12.0. The zero-order valence-corrected chi connectivity index (χ0v) is 14.8. The highest BCUT2D eigenvalue weighted by atomic mass is 127. The molecule has 0 amide bonds. The molecule has 0 aromatic heterocycles. The van der Waals surface area contributed by atoms with E-state index < -0.39 is 10.9 Å². The summed E-state index contributed by atoms with van der Waals surface area (Å²) in [6, 6.07) is 11.6. The van der Waals surface area contributed by atoms with Crippen LogP contribution in [0.3, 0.4) is 0 Å². The summed E-state index contributed by atoms with van der Waals surface area (Å²) in [6.45, 7) is 0. The molecule has 0 saturated carbocycles. The maximum atomic E-state index is 12.0. The Hall–Kier alpha value is -2.26. The first-order valence-corrected chi connectivity index (χ1v) is 8.13. The zero-order chi connectivity index (χ0) is 17.3. The van der Waals surface area contributed by atoms with Crippen LogP contribution in [0.5, 0.6) is 0 Å². The van der Waals surface area contributed by atoms with Gasteiger partial charge in [-0.3, -0.25) is 10.1 Å². The van der Waals surface area contributed by atoms with E-state index in [9.17, 15) is 14.9 Å². The second-order valence-corrected chi connectivity index (χ2v) is 6.35. The summed E-state index contributed by atoms with van der Waals surface area (Å²) < 4.78 is 6.08. The highest BCUT2D eigenvalue weighted by molar-refractivity contribution is 14.1. The first-order valence-electron chi connectivity index (χ1n) is 6.67. The highest BCUT2D eigenvalue weighted by Gasteiger charge is 2.26. The topological polar surface area (TPSA) is 81.8 Å². The molecule has 0 atom stereocenters. The van der Waals surface area contributed by atoms with Crippen molar-refractivity contribution in [2.45, 2.75) is 0 Å². The number of nitro benzene ring substituents is 1. The van der Waals surface area contributed by atoms with E-state index in [2.05, 4.69) is 27.6 Å². The number of hydrogen-bond donors (Lipinski definition) is 0. The summed E-state index contributed by atoms with van der Waals surface area (Å²) in [7, 11) is 0. The molecule has 6 nitrogen and oxygen atoms in total. The molecule has 0 radical (unpaired) electrons. The Morgan fingerprint density at radius 1 is 1.25 bits per heavy atom. The fourth-order valence-electron chi connectivity index (χ4n) is 2.06. The van der Waals surface area contributed by atoms with Crippen molar-refractivity contribution >= 4 is 57.8 Å². The second kappa shape index (κ2) is 6.70. The van der Waals surface area contributed by atoms with Crippen LogP contribution < -0.4 is 0 Å². The molecular formula is C16H8ClIN2O4. The van der Waals surface area contributed by atoms with Gasteiger partial charge >= 0.3 is 5.97 Å². The van der Waals surface area contributed by atoms with Crippen LogP contribution in [0.4, 0.5) is 5.69 Å². The van der Waals surface area contributed by atoms with Crippen LogP contribution in [0, 0.1) is 13.7 Å². The van der Waals surface area contributed by atoms with Crippen molar-refractivity contribution in [1.29, 1.82) is 0 Å². The number of rotatable bonds is 3. The summed E-state index contributed by atoms with van der Waals surface area (Å²) in [5.74, 6) is -0.598. The number of nitro groups is 1. The fraction of sp³-hybridized carbons (Fsp3) is 0. The fourth-order valence-corrected chi connectivity index (χ4v) is 2.79. The molecule has 1 aliphatic heterocycles. The third-order valence-corrected chi connectivity index (χ3v) is 4.51. The van der Waals surface area contributed by atoms with Crippen molar-refractivity contribution < 1.29 is 14.5 Å². The van der Waals surface area contributed by atoms with Crippen LogP contribution in [0.2, 0.25) is 5.02 Å². The minimum Gasteiger partial charge on any atom is -0.402 e. The van der Waals surface area contributed by atoms with E-state index in [1.807, 2.05) is 24.3 Å². The Morgan fingerprint density at radius 3 is 2.71 bits per heavy atom. The second-order valence-electron chi connectivity index (χ2n) is 4.78. The molecule has 24 heavy (non-hydrogen) atoms. The Balaban J connectivity index is 2.00. The number of nitrogens with zero attached hydrogens (tertiary/aromatic N) is 2. The van der Waals surface area contributed by atoms with Gasteiger partial charge in [-0.25, -0.2) is 9.79 Å². The Morgan fingerprint density at radius 2 is 2.00 bits per heavy atom. The molecule has 120 valence electrons. The number of cyclic esters (lactones) is 1. The number of esters is 1. The van der Waals surface area contributed by atoms with Gasteiger partial charge in [0, 0.05) is 15.2 Å². The lowest BCUT2D eigenvalue weighted by molar-refractivity contribution is -0.384. The monoisotopic (exact) mass is 454 g/mol. The molecule has 8 heteroatoms. The highest BCUT2D eigenvalue weighted by Crippen LogP contribution is 2.28. The van der Waals surface area contributed by atoms with Gasteiger partial charge in [0.1, 0.15) is 5.02 Å². The van der Waals surface area contributed by atoms with Crippen molar-refractivity contribution in [3.05, 3.63) is 78.0 Å². The third kappa shape index (κ3) is 3.31. The van der Waals surface area contributed by atoms with E-state index >= 15 is 0 Å². The van der Waals surface area contributed by atoms with Crippen LogP contribution in [-0.4, -0.2) is 16.8 Å². The quantitative estimate of drug-likeness (QED) is 0.229. The number of aliphatic imine (C=N–C) groups is 1. The van der Waals surface area contributed by atoms with Gasteiger partial charge in [0.15, 0.2) is 5.70 Å². The average Bonchev–Trinajstić information content (AvgIpc) is 2.91. The Kier molecular flexibility index (Phi) is 4.63. The van der Waals surface area contributed by atoms with E-state index in [-0.39, 0.29) is 22.3 Å². The van der Waals surface area contributed by atoms with Crippen molar-refractivity contribution in [2.24, 2.45) is 4.99 Å². The van der Waals surface area contributed by atoms with Crippen LogP contribution in [0.1, 0.15) is 11.1 Å². The van der Waals surface area contributed by atoms with Crippen LogP contribution in [0.15, 0.2) is 53.2 Å². The smallest absolute Gasteiger partial charge is 0.363 e. The molecular weight excluding hydrogens is 447 g/mol. The van der Waals surface area contributed by atoms with Gasteiger partial charge < -0.3 is 4.74 Å². The molecule has 2 aromatic carbocycles. The summed E-state index contributed by atoms with van der Waals surface area (Å²) >= 11 is 7.93. The summed E-state index contributed by atoms with van der Waals surface area (Å²) in [4.78, 5) is 26.5. The van der Waals surface area contributed by atoms with Crippen molar-refractivity contribution in [3.63, 3.8) is 0 Å². The molecule has 0 unspecified atom stereocenters. The summed E-state index contributed by atoms with van der Waals surface area (Å²) in [5, 5.41) is 11.0. The zero-order valence-electron chi connectivity index (χ0n) is 11.9. The number of halogens is 2. The van der Waals surface area contributed by atoms with Crippen molar-refractivity contribution in [1.82, 2.24) is 0 Å². The SMILES string of the molecule is O=C1OC(c2ccc(Cl)c([N+](=O)[O-])c2)=N/C1=C\c1ccccc1I. The normalized spacial score (nSPS) is 15.3. The van der Waals surface area contributed by atoms with Crippen LogP contribution >= 0.6 is 34.2 Å². The molecule has 0 fully saturated rings. The number of carbonyl (C=O) groups excluding carboxylic acids is 1. The van der Waals surface area contributed by atoms with E-state index in [0.717, 1.165) is 9.13 Å². The van der Waals surface area contributed by atoms with E-state index in [0.29, 0.717) is 5.56 Å². The van der Waals surface area contributed by atoms with Gasteiger partial charge in [-0.2, -0.15) is 0 Å². The van der Waals surface area contributed by atoms with Crippen molar-refractivity contribution in [2.75, 3.05) is 0 Å². The number of benzene rings is 2. The van der Waals surface area contributed by atoms with Gasteiger partial charge in [0.2, 0.25) is 5.90 Å². The summed E-state index contributed by atoms with van der Waals surface area (Å²) in [6.07, 6.45) is 1.61. The molecule has 0 spiro atoms. The van der Waals surface area contributed by atoms with Crippen molar-refractivity contribution in [3.8, 4) is 0 Å². The third-order valence-electron chi connectivity index (χ3n) is 3.21. The minimum atomic E-state index is -0.609. The van der Waals surface area contributed by atoms with Crippen LogP contribution in [0.25, 0.3) is 6.08 Å². The van der Waals surface area contributed by atoms with E-state index in [4.69, 9.17) is 16.3 Å². The lowest BCUT2D eigenvalue weighted by atomic mass is 10.2. The van der Waals surface area contributed by atoms with Gasteiger partial charge in [0.05, 0.1) is 4.92 Å². The number of carbonyl (C=O) groups is 1. The van der Waals surface area contributed by atoms with Gasteiger partial charge in [-0.05, 0) is 52.4 Å². The van der Waals surface area contributed by atoms with Crippen LogP contribution in [-0.2, 0) is 9.53 Å². The maximum Gasteiger partial charge on any atom is 0.363 e. The summed E-state index contributed by atoms with van der Waals surface area (Å²) in [5.41, 5.74) is 0.998. The molecule has 0 saturated heterocycles. The largest absolute Gasteiger partial charge is 0.402 e. The average molecular weight is 455 g/mol. The lowest BCUT2D eigenvalue weighted by Crippen LogP contribution is -2.06. The predicted molar refractivity (Wildman–Crippen MR) is 97.9 cm³/mol. The standard InChI is InChI=1S/C16H8ClIN2O4/c17-11-6-5-10(8-14(11)20(22)23)15-19-13(16(21)24-15)7-9-3-1-2-4-12(9)18/h1-8H/b13-7-. The van der Waals surface area contributed by atoms with Gasteiger partial charge in [-0.15, -0.1) is 0 Å². The first-order chi connectivity index (χ1) is 11.5. The molecule has 3 rings (SSSR count). The minimum absolute atomic E-state index is 0.00304. The predicted octanol–water partition coefficient (Wildman–Crippen LogP) is 4.20. The Bertz CT molecular complexity index is 924. The molecule has 0 aliphatic carbocycles. The van der Waals surface area contributed by atoms with Gasteiger partial charge in [0.25, 0.3) is 5.69 Å². The first kappa shape index (κ1) is 16.6. The molecule has 2 aromatic rings. The molecule has 0 N–H and O–H groups in total. The van der Waals surface area contributed by atoms with E-state index in [1.165, 1.54) is 18.2 Å². The molecule has 1 heterocycles. The Labute approximate surface area is 155 Å². The lowest BCUT2D eigenvalue weighted by Gasteiger charge is -2.00.